The average Bonchev–Trinajstić information content (AvgIpc) is 3.28. The predicted molar refractivity (Wildman–Crippen MR) is 134 cm³/mol. The van der Waals surface area contributed by atoms with E-state index in [-0.39, 0.29) is 25.5 Å². The highest BCUT2D eigenvalue weighted by atomic mass is 32.2. The number of hydrogen-bond acceptors (Lipinski definition) is 7. The molecule has 35 heavy (non-hydrogen) atoms. The maximum absolute atomic E-state index is 13.0. The number of pyridine rings is 1. The van der Waals surface area contributed by atoms with Crippen molar-refractivity contribution in [3.8, 4) is 5.75 Å². The van der Waals surface area contributed by atoms with Crippen LogP contribution >= 0.6 is 11.8 Å². The van der Waals surface area contributed by atoms with E-state index in [1.807, 2.05) is 55.5 Å². The van der Waals surface area contributed by atoms with Gasteiger partial charge in [-0.15, -0.1) is 11.8 Å². The van der Waals surface area contributed by atoms with Gasteiger partial charge in [-0.2, -0.15) is 0 Å². The fourth-order valence-electron chi connectivity index (χ4n) is 3.72. The molecular weight excluding hydrogens is 464 g/mol. The Kier molecular flexibility index (Phi) is 8.05. The molecule has 0 radical (unpaired) electrons. The standard InChI is InChI=1S/C27H28N2O5S/c1-2-19-10-13-23(28-15-19)24(30)17-33-22-11-8-20(9-12-22)14-27(25(31)29-18-35-27)26(32)34-16-21-6-4-3-5-7-21/h3-13,15,24,30H,2,14,16-18H2,1H3,(H,29,31)/t24-,27?/m0/s1. The molecule has 1 aromatic heterocycles. The normalized spacial score (nSPS) is 18.1. The molecule has 1 saturated heterocycles. The van der Waals surface area contributed by atoms with E-state index in [1.54, 1.807) is 24.4 Å². The number of thioether (sulfide) groups is 1. The van der Waals surface area contributed by atoms with Gasteiger partial charge in [0, 0.05) is 12.6 Å². The van der Waals surface area contributed by atoms with Gasteiger partial charge in [0.25, 0.3) is 0 Å². The topological polar surface area (TPSA) is 97.8 Å². The van der Waals surface area contributed by atoms with Crippen molar-refractivity contribution in [3.63, 3.8) is 0 Å². The van der Waals surface area contributed by atoms with Crippen LogP contribution in [0.3, 0.4) is 0 Å². The van der Waals surface area contributed by atoms with E-state index in [4.69, 9.17) is 9.47 Å². The van der Waals surface area contributed by atoms with Crippen LogP contribution in [-0.2, 0) is 33.8 Å². The second kappa shape index (κ2) is 11.4. The third-order valence-electron chi connectivity index (χ3n) is 5.84. The van der Waals surface area contributed by atoms with Crippen LogP contribution in [-0.4, -0.2) is 39.2 Å². The molecule has 1 aliphatic heterocycles. The van der Waals surface area contributed by atoms with Crippen molar-refractivity contribution in [1.29, 1.82) is 0 Å². The van der Waals surface area contributed by atoms with Crippen LogP contribution in [0.15, 0.2) is 72.9 Å². The molecule has 3 aromatic rings. The van der Waals surface area contributed by atoms with Gasteiger partial charge in [-0.25, -0.2) is 4.79 Å². The van der Waals surface area contributed by atoms with Gasteiger partial charge in [-0.3, -0.25) is 9.78 Å². The van der Waals surface area contributed by atoms with Crippen molar-refractivity contribution in [2.45, 2.75) is 37.2 Å². The Labute approximate surface area is 208 Å². The predicted octanol–water partition coefficient (Wildman–Crippen LogP) is 3.60. The maximum atomic E-state index is 13.0. The highest BCUT2D eigenvalue weighted by molar-refractivity contribution is 8.02. The number of esters is 1. The zero-order valence-electron chi connectivity index (χ0n) is 19.5. The zero-order valence-corrected chi connectivity index (χ0v) is 20.3. The van der Waals surface area contributed by atoms with Crippen molar-refractivity contribution in [2.75, 3.05) is 12.5 Å². The number of benzene rings is 2. The van der Waals surface area contributed by atoms with Gasteiger partial charge in [-0.1, -0.05) is 55.5 Å². The Bertz CT molecular complexity index is 1140. The number of aryl methyl sites for hydroxylation is 1. The highest BCUT2D eigenvalue weighted by Crippen LogP contribution is 2.36. The van der Waals surface area contributed by atoms with E-state index < -0.39 is 16.8 Å². The molecule has 7 nitrogen and oxygen atoms in total. The molecule has 0 bridgehead atoms. The summed E-state index contributed by atoms with van der Waals surface area (Å²) in [6, 6.07) is 20.3. The van der Waals surface area contributed by atoms with Gasteiger partial charge in [0.05, 0.1) is 11.6 Å². The van der Waals surface area contributed by atoms with E-state index in [0.717, 1.165) is 23.1 Å². The van der Waals surface area contributed by atoms with E-state index >= 15 is 0 Å². The minimum absolute atomic E-state index is 0.0613. The molecule has 1 unspecified atom stereocenters. The second-order valence-electron chi connectivity index (χ2n) is 8.28. The fraction of sp³-hybridized carbons (Fsp3) is 0.296. The van der Waals surface area contributed by atoms with Crippen LogP contribution in [0, 0.1) is 0 Å². The quantitative estimate of drug-likeness (QED) is 0.330. The van der Waals surface area contributed by atoms with Crippen molar-refractivity contribution in [1.82, 2.24) is 10.3 Å². The number of aliphatic hydroxyl groups is 1. The number of carbonyl (C=O) groups excluding carboxylic acids is 2. The summed E-state index contributed by atoms with van der Waals surface area (Å²) in [5.74, 6) is 0.0326. The molecule has 0 saturated carbocycles. The molecule has 2 N–H and O–H groups in total. The summed E-state index contributed by atoms with van der Waals surface area (Å²) >= 11 is 1.25. The maximum Gasteiger partial charge on any atom is 0.332 e. The summed E-state index contributed by atoms with van der Waals surface area (Å²) < 4.78 is 9.91. The Morgan fingerprint density at radius 3 is 2.46 bits per heavy atom. The number of amides is 1. The lowest BCUT2D eigenvalue weighted by molar-refractivity contribution is -0.150. The second-order valence-corrected chi connectivity index (χ2v) is 9.55. The first-order valence-electron chi connectivity index (χ1n) is 11.5. The average molecular weight is 493 g/mol. The van der Waals surface area contributed by atoms with Crippen LogP contribution in [0.5, 0.6) is 5.75 Å². The van der Waals surface area contributed by atoms with Crippen molar-refractivity contribution < 1.29 is 24.2 Å². The van der Waals surface area contributed by atoms with Crippen LogP contribution in [0.4, 0.5) is 0 Å². The van der Waals surface area contributed by atoms with Gasteiger partial charge in [0.1, 0.15) is 25.1 Å². The Hall–Kier alpha value is -3.36. The van der Waals surface area contributed by atoms with Crippen LogP contribution in [0.25, 0.3) is 0 Å². The van der Waals surface area contributed by atoms with Crippen LogP contribution < -0.4 is 10.1 Å². The SMILES string of the molecule is CCc1ccc([C@@H](O)COc2ccc(CC3(C(=O)OCc4ccccc4)SCNC3=O)cc2)nc1. The lowest BCUT2D eigenvalue weighted by Gasteiger charge is -2.23. The number of aromatic nitrogens is 1. The third-order valence-corrected chi connectivity index (χ3v) is 7.12. The highest BCUT2D eigenvalue weighted by Gasteiger charge is 2.51. The molecule has 2 aromatic carbocycles. The summed E-state index contributed by atoms with van der Waals surface area (Å²) in [6.07, 6.45) is 2.00. The van der Waals surface area contributed by atoms with Crippen LogP contribution in [0.1, 0.15) is 35.4 Å². The molecule has 1 amide bonds. The molecular formula is C27H28N2O5S. The molecule has 182 valence electrons. The van der Waals surface area contributed by atoms with Gasteiger partial charge >= 0.3 is 5.97 Å². The number of aliphatic hydroxyl groups excluding tert-OH is 1. The molecule has 2 atom stereocenters. The zero-order chi connectivity index (χ0) is 24.7. The number of carbonyl (C=O) groups is 2. The number of ether oxygens (including phenoxy) is 2. The van der Waals surface area contributed by atoms with Crippen molar-refractivity contribution >= 4 is 23.6 Å². The van der Waals surface area contributed by atoms with Gasteiger partial charge in [0.15, 0.2) is 4.75 Å². The molecule has 2 heterocycles. The first kappa shape index (κ1) is 24.8. The fourth-order valence-corrected chi connectivity index (χ4v) is 4.82. The molecule has 4 rings (SSSR count). The minimum atomic E-state index is -1.33. The molecule has 0 spiro atoms. The Morgan fingerprint density at radius 2 is 1.83 bits per heavy atom. The van der Waals surface area contributed by atoms with Crippen molar-refractivity contribution in [3.05, 3.63) is 95.3 Å². The first-order chi connectivity index (χ1) is 17.0. The summed E-state index contributed by atoms with van der Waals surface area (Å²) in [6.45, 7) is 2.22. The smallest absolute Gasteiger partial charge is 0.332 e. The van der Waals surface area contributed by atoms with E-state index in [0.29, 0.717) is 17.3 Å². The van der Waals surface area contributed by atoms with Gasteiger partial charge in [0.2, 0.25) is 5.91 Å². The summed E-state index contributed by atoms with van der Waals surface area (Å²) in [5, 5.41) is 13.1. The monoisotopic (exact) mass is 492 g/mol. The van der Waals surface area contributed by atoms with E-state index in [9.17, 15) is 14.7 Å². The molecule has 0 aliphatic carbocycles. The number of hydrogen-bond donors (Lipinski definition) is 2. The van der Waals surface area contributed by atoms with E-state index in [2.05, 4.69) is 10.3 Å². The Balaban J connectivity index is 1.37. The number of nitrogens with one attached hydrogen (secondary N) is 1. The summed E-state index contributed by atoms with van der Waals surface area (Å²) in [5.41, 5.74) is 3.32. The minimum Gasteiger partial charge on any atom is -0.490 e. The summed E-state index contributed by atoms with van der Waals surface area (Å²) in [4.78, 5) is 30.0. The van der Waals surface area contributed by atoms with Gasteiger partial charge in [-0.05, 0) is 41.3 Å². The summed E-state index contributed by atoms with van der Waals surface area (Å²) in [7, 11) is 0. The van der Waals surface area contributed by atoms with Crippen LogP contribution in [0.2, 0.25) is 0 Å². The Morgan fingerprint density at radius 1 is 1.09 bits per heavy atom. The molecule has 8 heteroatoms. The number of rotatable bonds is 10. The molecule has 1 aliphatic rings. The lowest BCUT2D eigenvalue weighted by Crippen LogP contribution is -2.46. The van der Waals surface area contributed by atoms with Gasteiger partial charge < -0.3 is 19.9 Å². The largest absolute Gasteiger partial charge is 0.490 e. The lowest BCUT2D eigenvalue weighted by atomic mass is 9.97. The number of nitrogens with zero attached hydrogens (tertiary/aromatic N) is 1. The first-order valence-corrected chi connectivity index (χ1v) is 12.5. The third kappa shape index (κ3) is 6.01. The van der Waals surface area contributed by atoms with E-state index in [1.165, 1.54) is 11.8 Å². The molecule has 1 fully saturated rings. The van der Waals surface area contributed by atoms with Crippen molar-refractivity contribution in [2.24, 2.45) is 0 Å².